The first-order valence-electron chi connectivity index (χ1n) is 6.33. The van der Waals surface area contributed by atoms with Crippen molar-refractivity contribution < 1.29 is 13.9 Å². The summed E-state index contributed by atoms with van der Waals surface area (Å²) >= 11 is 0. The van der Waals surface area contributed by atoms with E-state index in [1.54, 1.807) is 25.4 Å². The van der Waals surface area contributed by atoms with Crippen molar-refractivity contribution in [2.45, 2.75) is 12.3 Å². The third-order valence-electron chi connectivity index (χ3n) is 3.12. The van der Waals surface area contributed by atoms with Crippen LogP contribution in [0.15, 0.2) is 58.1 Å². The molecule has 0 saturated carbocycles. The quantitative estimate of drug-likeness (QED) is 0.930. The van der Waals surface area contributed by atoms with E-state index in [9.17, 15) is 4.79 Å². The molecule has 2 unspecified atom stereocenters. The zero-order valence-electron chi connectivity index (χ0n) is 10.9. The number of benzene rings is 1. The molecule has 5 nitrogen and oxygen atoms in total. The summed E-state index contributed by atoms with van der Waals surface area (Å²) in [4.78, 5) is 16.3. The Balaban J connectivity index is 1.94. The molecule has 5 heteroatoms. The molecule has 0 aliphatic carbocycles. The third kappa shape index (κ3) is 2.23. The Labute approximate surface area is 116 Å². The van der Waals surface area contributed by atoms with Crippen LogP contribution >= 0.6 is 0 Å². The van der Waals surface area contributed by atoms with Crippen LogP contribution in [0.5, 0.6) is 0 Å². The molecule has 20 heavy (non-hydrogen) atoms. The van der Waals surface area contributed by atoms with Gasteiger partial charge >= 0.3 is 0 Å². The summed E-state index contributed by atoms with van der Waals surface area (Å²) in [5.41, 5.74) is 1.24. The fraction of sp³-hybridized carbons (Fsp3) is 0.200. The first-order valence-corrected chi connectivity index (χ1v) is 6.33. The van der Waals surface area contributed by atoms with Gasteiger partial charge in [-0.15, -0.1) is 0 Å². The van der Waals surface area contributed by atoms with Gasteiger partial charge in [0.1, 0.15) is 11.5 Å². The largest absolute Gasteiger partial charge is 0.466 e. The summed E-state index contributed by atoms with van der Waals surface area (Å²) in [6.45, 7) is 0. The second-order valence-corrected chi connectivity index (χ2v) is 4.39. The van der Waals surface area contributed by atoms with Gasteiger partial charge in [-0.25, -0.2) is 4.99 Å². The number of amides is 1. The molecule has 1 aliphatic heterocycles. The van der Waals surface area contributed by atoms with Gasteiger partial charge in [0.2, 0.25) is 0 Å². The number of nitrogens with one attached hydrogen (secondary N) is 1. The van der Waals surface area contributed by atoms with E-state index < -0.39 is 12.3 Å². The molecular weight excluding hydrogens is 256 g/mol. The summed E-state index contributed by atoms with van der Waals surface area (Å²) in [7, 11) is 1.57. The predicted molar refractivity (Wildman–Crippen MR) is 73.2 cm³/mol. The summed E-state index contributed by atoms with van der Waals surface area (Å²) in [5.74, 6) is 0.315. The van der Waals surface area contributed by atoms with Gasteiger partial charge in [-0.1, -0.05) is 30.3 Å². The van der Waals surface area contributed by atoms with Crippen LogP contribution in [0.2, 0.25) is 0 Å². The maximum Gasteiger partial charge on any atom is 0.268 e. The number of carbonyl (C=O) groups excluding carboxylic acids is 1. The lowest BCUT2D eigenvalue weighted by Gasteiger charge is -2.12. The van der Waals surface area contributed by atoms with E-state index in [1.807, 2.05) is 30.3 Å². The average Bonchev–Trinajstić information content (AvgIpc) is 3.16. The SMILES string of the molecule is CNC(=O)C1=NC(c2ccccc2)OC1c1ccco1. The summed E-state index contributed by atoms with van der Waals surface area (Å²) in [5, 5.41) is 2.58. The molecule has 102 valence electrons. The van der Waals surface area contributed by atoms with Crippen molar-refractivity contribution in [1.82, 2.24) is 5.32 Å². The lowest BCUT2D eigenvalue weighted by atomic mass is 10.1. The Morgan fingerprint density at radius 1 is 1.20 bits per heavy atom. The van der Waals surface area contributed by atoms with Crippen molar-refractivity contribution in [2.75, 3.05) is 7.05 Å². The Morgan fingerprint density at radius 2 is 2.00 bits per heavy atom. The number of rotatable bonds is 3. The van der Waals surface area contributed by atoms with E-state index in [2.05, 4.69) is 10.3 Å². The van der Waals surface area contributed by atoms with Crippen LogP contribution in [0.4, 0.5) is 0 Å². The van der Waals surface area contributed by atoms with Crippen LogP contribution in [0.1, 0.15) is 23.7 Å². The van der Waals surface area contributed by atoms with Gasteiger partial charge in [0, 0.05) is 12.6 Å². The zero-order valence-corrected chi connectivity index (χ0v) is 10.9. The molecule has 0 spiro atoms. The smallest absolute Gasteiger partial charge is 0.268 e. The molecule has 1 amide bonds. The Hall–Kier alpha value is -2.40. The number of furan rings is 1. The minimum absolute atomic E-state index is 0.259. The van der Waals surface area contributed by atoms with E-state index >= 15 is 0 Å². The minimum atomic E-state index is -0.574. The van der Waals surface area contributed by atoms with Crippen LogP contribution in [0, 0.1) is 0 Å². The van der Waals surface area contributed by atoms with Gasteiger partial charge in [0.05, 0.1) is 6.26 Å². The number of aliphatic imine (C=N–C) groups is 1. The summed E-state index contributed by atoms with van der Waals surface area (Å²) < 4.78 is 11.2. The van der Waals surface area contributed by atoms with Crippen molar-refractivity contribution in [1.29, 1.82) is 0 Å². The van der Waals surface area contributed by atoms with Gasteiger partial charge in [-0.3, -0.25) is 4.79 Å². The van der Waals surface area contributed by atoms with Crippen LogP contribution in [-0.4, -0.2) is 18.7 Å². The molecule has 1 aromatic heterocycles. The fourth-order valence-electron chi connectivity index (χ4n) is 2.14. The van der Waals surface area contributed by atoms with Crippen molar-refractivity contribution in [3.63, 3.8) is 0 Å². The average molecular weight is 270 g/mol. The van der Waals surface area contributed by atoms with Crippen LogP contribution in [0.25, 0.3) is 0 Å². The van der Waals surface area contributed by atoms with Gasteiger partial charge in [0.15, 0.2) is 12.3 Å². The third-order valence-corrected chi connectivity index (χ3v) is 3.12. The fourth-order valence-corrected chi connectivity index (χ4v) is 2.14. The Bertz CT molecular complexity index is 620. The first-order chi connectivity index (χ1) is 9.79. The monoisotopic (exact) mass is 270 g/mol. The molecule has 0 saturated heterocycles. The first kappa shape index (κ1) is 12.6. The molecular formula is C15H14N2O3. The molecule has 0 radical (unpaired) electrons. The number of nitrogens with zero attached hydrogens (tertiary/aromatic N) is 1. The Kier molecular flexibility index (Phi) is 3.35. The van der Waals surface area contributed by atoms with Crippen LogP contribution in [-0.2, 0) is 9.53 Å². The zero-order chi connectivity index (χ0) is 13.9. The molecule has 0 fully saturated rings. The second-order valence-electron chi connectivity index (χ2n) is 4.39. The second kappa shape index (κ2) is 5.30. The lowest BCUT2D eigenvalue weighted by molar-refractivity contribution is -0.114. The maximum absolute atomic E-state index is 11.9. The summed E-state index contributed by atoms with van der Waals surface area (Å²) in [6.07, 6.45) is 0.490. The highest BCUT2D eigenvalue weighted by atomic mass is 16.5. The van der Waals surface area contributed by atoms with E-state index in [1.165, 1.54) is 0 Å². The van der Waals surface area contributed by atoms with Crippen molar-refractivity contribution in [3.05, 3.63) is 60.1 Å². The minimum Gasteiger partial charge on any atom is -0.466 e. The molecule has 1 aliphatic rings. The van der Waals surface area contributed by atoms with E-state index in [0.717, 1.165) is 5.56 Å². The molecule has 1 aromatic carbocycles. The lowest BCUT2D eigenvalue weighted by Crippen LogP contribution is -2.30. The van der Waals surface area contributed by atoms with E-state index in [-0.39, 0.29) is 5.91 Å². The van der Waals surface area contributed by atoms with Crippen molar-refractivity contribution >= 4 is 11.6 Å². The molecule has 2 heterocycles. The molecule has 1 N–H and O–H groups in total. The highest BCUT2D eigenvalue weighted by Crippen LogP contribution is 2.35. The van der Waals surface area contributed by atoms with E-state index in [0.29, 0.717) is 11.5 Å². The van der Waals surface area contributed by atoms with Crippen LogP contribution < -0.4 is 5.32 Å². The summed E-state index contributed by atoms with van der Waals surface area (Å²) in [6, 6.07) is 13.1. The number of ether oxygens (including phenoxy) is 1. The predicted octanol–water partition coefficient (Wildman–Crippen LogP) is 2.24. The van der Waals surface area contributed by atoms with Crippen molar-refractivity contribution in [3.8, 4) is 0 Å². The molecule has 2 atom stereocenters. The highest BCUT2D eigenvalue weighted by Gasteiger charge is 2.36. The van der Waals surface area contributed by atoms with Gasteiger partial charge in [-0.05, 0) is 12.1 Å². The number of hydrogen-bond acceptors (Lipinski definition) is 4. The normalized spacial score (nSPS) is 21.6. The Morgan fingerprint density at radius 3 is 2.65 bits per heavy atom. The highest BCUT2D eigenvalue weighted by molar-refractivity contribution is 6.40. The van der Waals surface area contributed by atoms with Crippen LogP contribution in [0.3, 0.4) is 0 Å². The maximum atomic E-state index is 11.9. The standard InChI is InChI=1S/C15H14N2O3/c1-16-14(18)12-13(11-8-5-9-19-11)20-15(17-12)10-6-3-2-4-7-10/h2-9,13,15H,1H3,(H,16,18). The van der Waals surface area contributed by atoms with Gasteiger partial charge in [0.25, 0.3) is 5.91 Å². The number of hydrogen-bond donors (Lipinski definition) is 1. The molecule has 2 aromatic rings. The van der Waals surface area contributed by atoms with E-state index in [4.69, 9.17) is 9.15 Å². The van der Waals surface area contributed by atoms with Crippen molar-refractivity contribution in [2.24, 2.45) is 4.99 Å². The van der Waals surface area contributed by atoms with Gasteiger partial charge < -0.3 is 14.5 Å². The van der Waals surface area contributed by atoms with Gasteiger partial charge in [-0.2, -0.15) is 0 Å². The molecule has 0 bridgehead atoms. The molecule has 3 rings (SSSR count). The number of carbonyl (C=O) groups is 1. The topological polar surface area (TPSA) is 63.8 Å².